The third kappa shape index (κ3) is 4.67. The highest BCUT2D eigenvalue weighted by molar-refractivity contribution is 5.86. The van der Waals surface area contributed by atoms with Crippen LogP contribution in [0.25, 0.3) is 0 Å². The zero-order valence-corrected chi connectivity index (χ0v) is 11.6. The fourth-order valence-corrected chi connectivity index (χ4v) is 2.20. The summed E-state index contributed by atoms with van der Waals surface area (Å²) >= 11 is 0. The van der Waals surface area contributed by atoms with Gasteiger partial charge in [0.2, 0.25) is 0 Å². The highest BCUT2D eigenvalue weighted by Gasteiger charge is 2.39. The van der Waals surface area contributed by atoms with Gasteiger partial charge in [-0.05, 0) is 39.5 Å². The second-order valence-corrected chi connectivity index (χ2v) is 5.36. The van der Waals surface area contributed by atoms with Crippen molar-refractivity contribution < 1.29 is 24.2 Å². The molecule has 1 fully saturated rings. The van der Waals surface area contributed by atoms with Crippen molar-refractivity contribution in [1.82, 2.24) is 0 Å². The summed E-state index contributed by atoms with van der Waals surface area (Å²) in [6.07, 6.45) is 2.26. The van der Waals surface area contributed by atoms with Crippen LogP contribution in [-0.2, 0) is 19.1 Å². The molecule has 0 radical (unpaired) electrons. The zero-order valence-electron chi connectivity index (χ0n) is 11.6. The fourth-order valence-electron chi connectivity index (χ4n) is 2.20. The Bertz CT molecular complexity index is 363. The van der Waals surface area contributed by atoms with Gasteiger partial charge in [-0.25, -0.2) is 4.79 Å². The van der Waals surface area contributed by atoms with Gasteiger partial charge in [0.05, 0.1) is 11.5 Å². The molecule has 5 heteroatoms. The monoisotopic (exact) mass is 270 g/mol. The summed E-state index contributed by atoms with van der Waals surface area (Å²) < 4.78 is 9.94. The molecule has 0 saturated heterocycles. The molecule has 0 spiro atoms. The van der Waals surface area contributed by atoms with E-state index in [0.717, 1.165) is 12.8 Å². The van der Waals surface area contributed by atoms with E-state index in [-0.39, 0.29) is 19.2 Å². The van der Waals surface area contributed by atoms with Crippen molar-refractivity contribution in [2.75, 3.05) is 13.2 Å². The van der Waals surface area contributed by atoms with Crippen LogP contribution in [0.15, 0.2) is 12.2 Å². The van der Waals surface area contributed by atoms with Gasteiger partial charge in [0, 0.05) is 5.57 Å². The molecule has 19 heavy (non-hydrogen) atoms. The molecule has 0 bridgehead atoms. The number of hydrogen-bond donors (Lipinski definition) is 1. The molecule has 0 amide bonds. The maximum absolute atomic E-state index is 12.0. The highest BCUT2D eigenvalue weighted by Crippen LogP contribution is 2.36. The Morgan fingerprint density at radius 2 is 2.00 bits per heavy atom. The number of aliphatic hydroxyl groups is 1. The van der Waals surface area contributed by atoms with Gasteiger partial charge in [-0.1, -0.05) is 6.58 Å². The number of rotatable bonds is 5. The topological polar surface area (TPSA) is 72.8 Å². The van der Waals surface area contributed by atoms with Crippen LogP contribution in [0.4, 0.5) is 0 Å². The third-order valence-corrected chi connectivity index (χ3v) is 3.34. The Kier molecular flexibility index (Phi) is 5.54. The van der Waals surface area contributed by atoms with Crippen molar-refractivity contribution in [3.05, 3.63) is 12.2 Å². The Balaban J connectivity index is 2.31. The van der Waals surface area contributed by atoms with E-state index >= 15 is 0 Å². The summed E-state index contributed by atoms with van der Waals surface area (Å²) in [6, 6.07) is 0. The number of carbonyl (C=O) groups is 2. The van der Waals surface area contributed by atoms with Crippen molar-refractivity contribution >= 4 is 11.9 Å². The molecule has 0 aliphatic heterocycles. The van der Waals surface area contributed by atoms with Crippen LogP contribution >= 0.6 is 0 Å². The summed E-state index contributed by atoms with van der Waals surface area (Å²) in [5, 5.41) is 9.61. The number of hydrogen-bond acceptors (Lipinski definition) is 5. The van der Waals surface area contributed by atoms with E-state index < -0.39 is 17.5 Å². The number of esters is 2. The Morgan fingerprint density at radius 1 is 1.37 bits per heavy atom. The molecule has 0 heterocycles. The predicted molar refractivity (Wildman–Crippen MR) is 69.3 cm³/mol. The molecule has 1 aliphatic rings. The molecule has 1 rings (SSSR count). The van der Waals surface area contributed by atoms with Gasteiger partial charge < -0.3 is 14.6 Å². The average Bonchev–Trinajstić information content (AvgIpc) is 2.33. The standard InChI is InChI=1S/C14H22O5/c1-10(2)12(16)18-7-8-19-13(17)14(3)6-4-5-11(15)9-14/h11,15H,1,4-9H2,2-3H3. The molecule has 0 aromatic carbocycles. The van der Waals surface area contributed by atoms with Crippen LogP contribution < -0.4 is 0 Å². The van der Waals surface area contributed by atoms with Gasteiger partial charge in [0.25, 0.3) is 0 Å². The second-order valence-electron chi connectivity index (χ2n) is 5.36. The molecular formula is C14H22O5. The van der Waals surface area contributed by atoms with E-state index in [1.54, 1.807) is 13.8 Å². The molecule has 1 aliphatic carbocycles. The first-order valence-corrected chi connectivity index (χ1v) is 6.53. The van der Waals surface area contributed by atoms with E-state index in [1.807, 2.05) is 0 Å². The minimum atomic E-state index is -0.629. The molecule has 0 aromatic heterocycles. The van der Waals surface area contributed by atoms with Crippen molar-refractivity contribution in [3.8, 4) is 0 Å². The number of carbonyl (C=O) groups excluding carboxylic acids is 2. The molecule has 1 saturated carbocycles. The van der Waals surface area contributed by atoms with Gasteiger partial charge in [-0.3, -0.25) is 4.79 Å². The summed E-state index contributed by atoms with van der Waals surface area (Å²) in [4.78, 5) is 23.1. The van der Waals surface area contributed by atoms with Gasteiger partial charge in [-0.2, -0.15) is 0 Å². The molecule has 1 N–H and O–H groups in total. The summed E-state index contributed by atoms with van der Waals surface area (Å²) in [5.74, 6) is -0.826. The third-order valence-electron chi connectivity index (χ3n) is 3.34. The Hall–Kier alpha value is -1.36. The first kappa shape index (κ1) is 15.7. The predicted octanol–water partition coefficient (Wildman–Crippen LogP) is 1.59. The lowest BCUT2D eigenvalue weighted by Gasteiger charge is -2.33. The van der Waals surface area contributed by atoms with Gasteiger partial charge >= 0.3 is 11.9 Å². The van der Waals surface area contributed by atoms with Crippen LogP contribution in [0.5, 0.6) is 0 Å². The quantitative estimate of drug-likeness (QED) is 0.466. The van der Waals surface area contributed by atoms with E-state index in [4.69, 9.17) is 9.47 Å². The SMILES string of the molecule is C=C(C)C(=O)OCCOC(=O)C1(C)CCCC(O)C1. The summed E-state index contributed by atoms with van der Waals surface area (Å²) in [7, 11) is 0. The largest absolute Gasteiger partial charge is 0.462 e. The van der Waals surface area contributed by atoms with Crippen LogP contribution in [0.3, 0.4) is 0 Å². The lowest BCUT2D eigenvalue weighted by molar-refractivity contribution is -0.162. The van der Waals surface area contributed by atoms with Gasteiger partial charge in [0.1, 0.15) is 13.2 Å². The smallest absolute Gasteiger partial charge is 0.333 e. The normalized spacial score (nSPS) is 26.6. The maximum Gasteiger partial charge on any atom is 0.333 e. The molecule has 2 unspecified atom stereocenters. The van der Waals surface area contributed by atoms with Gasteiger partial charge in [-0.15, -0.1) is 0 Å². The van der Waals surface area contributed by atoms with Crippen molar-refractivity contribution in [3.63, 3.8) is 0 Å². The molecular weight excluding hydrogens is 248 g/mol. The maximum atomic E-state index is 12.0. The van der Waals surface area contributed by atoms with E-state index in [1.165, 1.54) is 0 Å². The Morgan fingerprint density at radius 3 is 2.58 bits per heavy atom. The lowest BCUT2D eigenvalue weighted by Crippen LogP contribution is -2.37. The van der Waals surface area contributed by atoms with E-state index in [0.29, 0.717) is 18.4 Å². The zero-order chi connectivity index (χ0) is 14.5. The molecule has 5 nitrogen and oxygen atoms in total. The Labute approximate surface area is 113 Å². The second kappa shape index (κ2) is 6.70. The summed E-state index contributed by atoms with van der Waals surface area (Å²) in [5.41, 5.74) is -0.315. The fraction of sp³-hybridized carbons (Fsp3) is 0.714. The van der Waals surface area contributed by atoms with E-state index in [2.05, 4.69) is 6.58 Å². The van der Waals surface area contributed by atoms with Crippen molar-refractivity contribution in [1.29, 1.82) is 0 Å². The van der Waals surface area contributed by atoms with Crippen LogP contribution in [0, 0.1) is 5.41 Å². The first-order valence-electron chi connectivity index (χ1n) is 6.53. The van der Waals surface area contributed by atoms with Crippen LogP contribution in [-0.4, -0.2) is 36.4 Å². The van der Waals surface area contributed by atoms with Crippen molar-refractivity contribution in [2.24, 2.45) is 5.41 Å². The van der Waals surface area contributed by atoms with Crippen LogP contribution in [0.2, 0.25) is 0 Å². The number of aliphatic hydroxyl groups excluding tert-OH is 1. The average molecular weight is 270 g/mol. The highest BCUT2D eigenvalue weighted by atomic mass is 16.6. The molecule has 0 aromatic rings. The van der Waals surface area contributed by atoms with Crippen molar-refractivity contribution in [2.45, 2.75) is 45.6 Å². The lowest BCUT2D eigenvalue weighted by atomic mass is 9.74. The summed E-state index contributed by atoms with van der Waals surface area (Å²) in [6.45, 7) is 6.86. The minimum Gasteiger partial charge on any atom is -0.462 e. The van der Waals surface area contributed by atoms with Gasteiger partial charge in [0.15, 0.2) is 0 Å². The minimum absolute atomic E-state index is 0.0239. The first-order chi connectivity index (χ1) is 8.85. The molecule has 108 valence electrons. The number of ether oxygens (including phenoxy) is 2. The van der Waals surface area contributed by atoms with Crippen LogP contribution in [0.1, 0.15) is 39.5 Å². The molecule has 2 atom stereocenters. The van der Waals surface area contributed by atoms with E-state index in [9.17, 15) is 14.7 Å².